The van der Waals surface area contributed by atoms with Crippen LogP contribution in [0.2, 0.25) is 0 Å². The lowest BCUT2D eigenvalue weighted by atomic mass is 10.1. The van der Waals surface area contributed by atoms with E-state index in [9.17, 15) is 4.79 Å². The van der Waals surface area contributed by atoms with Gasteiger partial charge in [-0.1, -0.05) is 26.0 Å². The second kappa shape index (κ2) is 7.67. The number of hydrogen-bond donors (Lipinski definition) is 1. The van der Waals surface area contributed by atoms with Crippen molar-refractivity contribution in [3.8, 4) is 5.75 Å². The number of carbonyl (C=O) groups is 1. The first-order valence-electron chi connectivity index (χ1n) is 6.64. The summed E-state index contributed by atoms with van der Waals surface area (Å²) in [4.78, 5) is 12.9. The maximum atomic E-state index is 10.8. The molecular formula is C15H23NO3. The molecule has 0 spiro atoms. The normalized spacial score (nSPS) is 10.5. The number of methoxy groups -OCH3 is 1. The number of anilines is 1. The third-order valence-electron chi connectivity index (χ3n) is 3.00. The molecule has 1 rings (SSSR count). The zero-order chi connectivity index (χ0) is 14.3. The molecule has 0 aliphatic carbocycles. The number of hydrogen-bond acceptors (Lipinski definition) is 3. The molecule has 0 aliphatic rings. The lowest BCUT2D eigenvalue weighted by molar-refractivity contribution is -0.136. The minimum atomic E-state index is -0.774. The molecule has 0 saturated heterocycles. The molecular weight excluding hydrogens is 242 g/mol. The fourth-order valence-electron chi connectivity index (χ4n) is 1.89. The van der Waals surface area contributed by atoms with E-state index in [1.54, 1.807) is 7.11 Å². The summed E-state index contributed by atoms with van der Waals surface area (Å²) in [5, 5.41) is 8.86. The number of carboxylic acids is 1. The van der Waals surface area contributed by atoms with Gasteiger partial charge in [0.25, 0.3) is 0 Å². The van der Waals surface area contributed by atoms with Crippen LogP contribution in [0, 0.1) is 5.92 Å². The van der Waals surface area contributed by atoms with Gasteiger partial charge in [-0.3, -0.25) is 4.79 Å². The van der Waals surface area contributed by atoms with Gasteiger partial charge in [0.1, 0.15) is 5.75 Å². The third kappa shape index (κ3) is 5.20. The highest BCUT2D eigenvalue weighted by Gasteiger charge is 2.13. The Balaban J connectivity index is 2.83. The van der Waals surface area contributed by atoms with E-state index in [-0.39, 0.29) is 6.42 Å². The van der Waals surface area contributed by atoms with Crippen LogP contribution < -0.4 is 9.64 Å². The molecule has 1 N–H and O–H groups in total. The maximum Gasteiger partial charge on any atom is 0.305 e. The molecule has 0 fully saturated rings. The molecule has 4 heteroatoms. The zero-order valence-corrected chi connectivity index (χ0v) is 11.9. The standard InChI is InChI=1S/C15H23NO3/c1-12(2)8-10-16(11-9-15(17)18)13-6-4-5-7-14(13)19-3/h4-7,12H,8-11H2,1-3H3,(H,17,18). The van der Waals surface area contributed by atoms with Crippen LogP contribution in [0.25, 0.3) is 0 Å². The largest absolute Gasteiger partial charge is 0.495 e. The summed E-state index contributed by atoms with van der Waals surface area (Å²) >= 11 is 0. The van der Waals surface area contributed by atoms with Crippen molar-refractivity contribution in [2.24, 2.45) is 5.92 Å². The average molecular weight is 265 g/mol. The third-order valence-corrected chi connectivity index (χ3v) is 3.00. The fraction of sp³-hybridized carbons (Fsp3) is 0.533. The summed E-state index contributed by atoms with van der Waals surface area (Å²) in [6.45, 7) is 5.67. The highest BCUT2D eigenvalue weighted by atomic mass is 16.5. The molecule has 1 aromatic rings. The average Bonchev–Trinajstić information content (AvgIpc) is 2.38. The highest BCUT2D eigenvalue weighted by molar-refractivity contribution is 5.68. The minimum Gasteiger partial charge on any atom is -0.495 e. The Kier molecular flexibility index (Phi) is 6.19. The van der Waals surface area contributed by atoms with Crippen LogP contribution in [0.5, 0.6) is 5.75 Å². The van der Waals surface area contributed by atoms with Gasteiger partial charge in [-0.2, -0.15) is 0 Å². The molecule has 0 aliphatic heterocycles. The zero-order valence-electron chi connectivity index (χ0n) is 11.9. The number of para-hydroxylation sites is 2. The molecule has 0 aromatic heterocycles. The predicted molar refractivity (Wildman–Crippen MR) is 76.9 cm³/mol. The molecule has 4 nitrogen and oxygen atoms in total. The lowest BCUT2D eigenvalue weighted by Crippen LogP contribution is -2.28. The smallest absolute Gasteiger partial charge is 0.305 e. The van der Waals surface area contributed by atoms with Crippen LogP contribution >= 0.6 is 0 Å². The van der Waals surface area contributed by atoms with Crippen molar-refractivity contribution in [3.63, 3.8) is 0 Å². The minimum absolute atomic E-state index is 0.135. The summed E-state index contributed by atoms with van der Waals surface area (Å²) in [5.74, 6) is 0.600. The predicted octanol–water partition coefficient (Wildman–Crippen LogP) is 3.02. The van der Waals surface area contributed by atoms with Crippen molar-refractivity contribution >= 4 is 11.7 Å². The molecule has 1 aromatic carbocycles. The van der Waals surface area contributed by atoms with Crippen LogP contribution in [-0.2, 0) is 4.79 Å². The number of rotatable bonds is 8. The van der Waals surface area contributed by atoms with Gasteiger partial charge in [0.2, 0.25) is 0 Å². The van der Waals surface area contributed by atoms with Gasteiger partial charge in [0, 0.05) is 13.1 Å². The first kappa shape index (κ1) is 15.3. The maximum absolute atomic E-state index is 10.8. The summed E-state index contributed by atoms with van der Waals surface area (Å²) in [7, 11) is 1.64. The van der Waals surface area contributed by atoms with E-state index in [0.717, 1.165) is 24.4 Å². The second-order valence-electron chi connectivity index (χ2n) is 4.99. The van der Waals surface area contributed by atoms with E-state index in [1.165, 1.54) is 0 Å². The van der Waals surface area contributed by atoms with Gasteiger partial charge in [0.15, 0.2) is 0 Å². The van der Waals surface area contributed by atoms with Gasteiger partial charge in [-0.15, -0.1) is 0 Å². The summed E-state index contributed by atoms with van der Waals surface area (Å²) in [6.07, 6.45) is 1.16. The quantitative estimate of drug-likeness (QED) is 0.785. The van der Waals surface area contributed by atoms with E-state index in [2.05, 4.69) is 18.7 Å². The molecule has 0 bridgehead atoms. The highest BCUT2D eigenvalue weighted by Crippen LogP contribution is 2.28. The van der Waals surface area contributed by atoms with Crippen molar-refractivity contribution in [1.82, 2.24) is 0 Å². The van der Waals surface area contributed by atoms with E-state index in [4.69, 9.17) is 9.84 Å². The molecule has 0 amide bonds. The SMILES string of the molecule is COc1ccccc1N(CCC(=O)O)CCC(C)C. The molecule has 0 radical (unpaired) electrons. The Morgan fingerprint density at radius 3 is 2.58 bits per heavy atom. The van der Waals surface area contributed by atoms with Crippen LogP contribution in [0.15, 0.2) is 24.3 Å². The number of aliphatic carboxylic acids is 1. The van der Waals surface area contributed by atoms with Crippen LogP contribution in [0.3, 0.4) is 0 Å². The van der Waals surface area contributed by atoms with Crippen LogP contribution in [0.4, 0.5) is 5.69 Å². The number of benzene rings is 1. The molecule has 0 saturated carbocycles. The monoisotopic (exact) mass is 265 g/mol. The molecule has 0 unspecified atom stereocenters. The van der Waals surface area contributed by atoms with Crippen molar-refractivity contribution in [2.45, 2.75) is 26.7 Å². The fourth-order valence-corrected chi connectivity index (χ4v) is 1.89. The lowest BCUT2D eigenvalue weighted by Gasteiger charge is -2.26. The van der Waals surface area contributed by atoms with Gasteiger partial charge in [-0.05, 0) is 24.5 Å². The Morgan fingerprint density at radius 2 is 2.00 bits per heavy atom. The van der Waals surface area contributed by atoms with E-state index >= 15 is 0 Å². The Bertz CT molecular complexity index is 404. The van der Waals surface area contributed by atoms with Crippen molar-refractivity contribution in [1.29, 1.82) is 0 Å². The van der Waals surface area contributed by atoms with Gasteiger partial charge in [0.05, 0.1) is 19.2 Å². The summed E-state index contributed by atoms with van der Waals surface area (Å²) < 4.78 is 5.35. The number of nitrogens with zero attached hydrogens (tertiary/aromatic N) is 1. The number of carboxylic acid groups (broad SMARTS) is 1. The summed E-state index contributed by atoms with van der Waals surface area (Å²) in [6, 6.07) is 7.74. The first-order chi connectivity index (χ1) is 9.04. The van der Waals surface area contributed by atoms with Crippen LogP contribution in [0.1, 0.15) is 26.7 Å². The van der Waals surface area contributed by atoms with Crippen molar-refractivity contribution in [3.05, 3.63) is 24.3 Å². The van der Waals surface area contributed by atoms with Crippen LogP contribution in [-0.4, -0.2) is 31.3 Å². The molecule has 0 heterocycles. The Hall–Kier alpha value is -1.71. The van der Waals surface area contributed by atoms with Gasteiger partial charge in [-0.25, -0.2) is 0 Å². The number of ether oxygens (including phenoxy) is 1. The van der Waals surface area contributed by atoms with Crippen molar-refractivity contribution < 1.29 is 14.6 Å². The first-order valence-corrected chi connectivity index (χ1v) is 6.64. The summed E-state index contributed by atoms with van der Waals surface area (Å²) in [5.41, 5.74) is 0.965. The van der Waals surface area contributed by atoms with Crippen molar-refractivity contribution in [2.75, 3.05) is 25.1 Å². The molecule has 0 atom stereocenters. The Morgan fingerprint density at radius 1 is 1.32 bits per heavy atom. The molecule has 19 heavy (non-hydrogen) atoms. The van der Waals surface area contributed by atoms with E-state index in [0.29, 0.717) is 12.5 Å². The van der Waals surface area contributed by atoms with E-state index in [1.807, 2.05) is 24.3 Å². The second-order valence-corrected chi connectivity index (χ2v) is 4.99. The topological polar surface area (TPSA) is 49.8 Å². The van der Waals surface area contributed by atoms with Gasteiger partial charge < -0.3 is 14.7 Å². The van der Waals surface area contributed by atoms with Gasteiger partial charge >= 0.3 is 5.97 Å². The molecule has 106 valence electrons. The van der Waals surface area contributed by atoms with E-state index < -0.39 is 5.97 Å². The Labute approximate surface area is 115 Å².